The Morgan fingerprint density at radius 3 is 1.67 bits per heavy atom. The number of unbranched alkanes of at least 4 members (excludes halogenated alkanes) is 1. The molecule has 5 heteroatoms. The van der Waals surface area contributed by atoms with Gasteiger partial charge in [0, 0.05) is 51.8 Å². The third kappa shape index (κ3) is 27.2. The molecule has 0 aromatic rings. The van der Waals surface area contributed by atoms with Gasteiger partial charge in [-0.25, -0.2) is 0 Å². The van der Waals surface area contributed by atoms with Gasteiger partial charge in [0.15, 0.2) is 0 Å². The van der Waals surface area contributed by atoms with Crippen LogP contribution in [0.5, 0.6) is 0 Å². The monoisotopic (exact) mass is 558 g/mol. The van der Waals surface area contributed by atoms with Crippen LogP contribution in [0, 0.1) is 11.3 Å². The molecule has 0 amide bonds. The molecule has 2 fully saturated rings. The normalized spacial score (nSPS) is 16.2. The van der Waals surface area contributed by atoms with E-state index >= 15 is 0 Å². The lowest BCUT2D eigenvalue weighted by Crippen LogP contribution is -2.56. The molecule has 0 unspecified atom stereocenters. The molecule has 2 aliphatic heterocycles. The summed E-state index contributed by atoms with van der Waals surface area (Å²) in [4.78, 5) is 14.4. The molecule has 0 aromatic carbocycles. The Morgan fingerprint density at radius 2 is 1.33 bits per heavy atom. The van der Waals surface area contributed by atoms with Gasteiger partial charge in [-0.1, -0.05) is 80.7 Å². The maximum Gasteiger partial charge on any atom is 0.119 e. The zero-order chi connectivity index (χ0) is 31.3. The van der Waals surface area contributed by atoms with Gasteiger partial charge in [0.05, 0.1) is 6.61 Å². The summed E-state index contributed by atoms with van der Waals surface area (Å²) in [5.74, 6) is 0.867. The van der Waals surface area contributed by atoms with Crippen LogP contribution in [-0.4, -0.2) is 81.2 Å². The van der Waals surface area contributed by atoms with Gasteiger partial charge in [-0.3, -0.25) is 9.80 Å². The predicted molar refractivity (Wildman–Crippen MR) is 178 cm³/mol. The minimum Gasteiger partial charge on any atom is -0.383 e. The van der Waals surface area contributed by atoms with Crippen molar-refractivity contribution in [2.45, 2.75) is 134 Å². The zero-order valence-corrected chi connectivity index (χ0v) is 29.5. The third-order valence-electron chi connectivity index (χ3n) is 6.84. The molecule has 238 valence electrons. The van der Waals surface area contributed by atoms with Crippen molar-refractivity contribution >= 4 is 6.29 Å². The summed E-state index contributed by atoms with van der Waals surface area (Å²) in [6, 6.07) is 0. The van der Waals surface area contributed by atoms with Crippen LogP contribution in [0.1, 0.15) is 129 Å². The number of nitrogens with one attached hydrogen (secondary N) is 1. The SMILES string of the molecule is C=C(C)C.CC.CC.CCC=O.CCCC.COCCN1CCN(C(C)(C)CC(C)(C)C2CCNCC2)CC1. The van der Waals surface area contributed by atoms with Crippen LogP contribution in [0.15, 0.2) is 12.2 Å². The van der Waals surface area contributed by atoms with Crippen molar-refractivity contribution < 1.29 is 9.53 Å². The molecule has 0 saturated carbocycles. The number of allylic oxidation sites excluding steroid dienone is 1. The van der Waals surface area contributed by atoms with E-state index in [-0.39, 0.29) is 0 Å². The van der Waals surface area contributed by atoms with E-state index in [1.807, 2.05) is 48.5 Å². The van der Waals surface area contributed by atoms with Crippen LogP contribution in [0.2, 0.25) is 0 Å². The molecular weight excluding hydrogens is 482 g/mol. The minimum absolute atomic E-state index is 0.293. The van der Waals surface area contributed by atoms with Crippen LogP contribution in [0.3, 0.4) is 0 Å². The highest BCUT2D eigenvalue weighted by Gasteiger charge is 2.39. The molecule has 2 heterocycles. The first-order chi connectivity index (χ1) is 18.4. The van der Waals surface area contributed by atoms with E-state index in [9.17, 15) is 4.79 Å². The van der Waals surface area contributed by atoms with Crippen molar-refractivity contribution in [3.8, 4) is 0 Å². The highest BCUT2D eigenvalue weighted by Crippen LogP contribution is 2.41. The maximum absolute atomic E-state index is 9.17. The Bertz CT molecular complexity index is 501. The minimum atomic E-state index is 0.293. The summed E-state index contributed by atoms with van der Waals surface area (Å²) in [6.45, 7) is 40.7. The molecule has 2 aliphatic rings. The van der Waals surface area contributed by atoms with Crippen molar-refractivity contribution in [1.29, 1.82) is 0 Å². The first-order valence-corrected chi connectivity index (χ1v) is 16.1. The molecule has 0 aliphatic carbocycles. The Morgan fingerprint density at radius 1 is 0.923 bits per heavy atom. The fourth-order valence-electron chi connectivity index (χ4n) is 4.77. The van der Waals surface area contributed by atoms with Crippen LogP contribution in [-0.2, 0) is 9.53 Å². The summed E-state index contributed by atoms with van der Waals surface area (Å²) in [6.07, 6.45) is 8.13. The Labute approximate surface area is 247 Å². The first-order valence-electron chi connectivity index (χ1n) is 16.1. The number of piperazine rings is 1. The topological polar surface area (TPSA) is 44.8 Å². The number of hydrogen-bond donors (Lipinski definition) is 1. The average molecular weight is 558 g/mol. The molecule has 0 radical (unpaired) electrons. The number of methoxy groups -OCH3 is 1. The van der Waals surface area contributed by atoms with Crippen molar-refractivity contribution in [1.82, 2.24) is 15.1 Å². The van der Waals surface area contributed by atoms with Gasteiger partial charge >= 0.3 is 0 Å². The quantitative estimate of drug-likeness (QED) is 0.227. The Balaban J connectivity index is -0.000000317. The van der Waals surface area contributed by atoms with Crippen molar-refractivity contribution in [2.75, 3.05) is 59.5 Å². The van der Waals surface area contributed by atoms with E-state index in [0.29, 0.717) is 17.4 Å². The highest BCUT2D eigenvalue weighted by atomic mass is 16.5. The van der Waals surface area contributed by atoms with E-state index in [0.717, 1.165) is 25.4 Å². The lowest BCUT2D eigenvalue weighted by Gasteiger charge is -2.49. The largest absolute Gasteiger partial charge is 0.383 e. The number of nitrogens with zero attached hydrogens (tertiary/aromatic N) is 2. The van der Waals surface area contributed by atoms with Crippen molar-refractivity contribution in [3.63, 3.8) is 0 Å². The number of rotatable bonds is 9. The summed E-state index contributed by atoms with van der Waals surface area (Å²) in [5.41, 5.74) is 1.89. The molecule has 2 rings (SSSR count). The van der Waals surface area contributed by atoms with Gasteiger partial charge in [-0.2, -0.15) is 0 Å². The number of piperidine rings is 1. The van der Waals surface area contributed by atoms with Gasteiger partial charge in [0.1, 0.15) is 6.29 Å². The number of hydrogen-bond acceptors (Lipinski definition) is 5. The van der Waals surface area contributed by atoms with Crippen LogP contribution >= 0.6 is 0 Å². The van der Waals surface area contributed by atoms with Crippen molar-refractivity contribution in [2.24, 2.45) is 11.3 Å². The number of carbonyl (C=O) groups is 1. The molecule has 0 bridgehead atoms. The molecule has 0 atom stereocenters. The molecule has 5 nitrogen and oxygen atoms in total. The molecule has 2 saturated heterocycles. The first kappa shape index (κ1) is 45.2. The summed E-state index contributed by atoms with van der Waals surface area (Å²) >= 11 is 0. The summed E-state index contributed by atoms with van der Waals surface area (Å²) in [5, 5.41) is 3.51. The molecule has 0 aromatic heterocycles. The number of carbonyl (C=O) groups excluding carboxylic acids is 1. The highest BCUT2D eigenvalue weighted by molar-refractivity contribution is 5.48. The van der Waals surface area contributed by atoms with E-state index in [2.05, 4.69) is 63.2 Å². The summed E-state index contributed by atoms with van der Waals surface area (Å²) < 4.78 is 5.21. The third-order valence-corrected chi connectivity index (χ3v) is 6.84. The maximum atomic E-state index is 9.17. The molecule has 1 N–H and O–H groups in total. The van der Waals surface area contributed by atoms with Gasteiger partial charge < -0.3 is 14.8 Å². The second-order valence-electron chi connectivity index (χ2n) is 11.6. The molecular formula is C34H75N3O2. The lowest BCUT2D eigenvalue weighted by atomic mass is 9.67. The fraction of sp³-hybridized carbons (Fsp3) is 0.912. The van der Waals surface area contributed by atoms with Crippen LogP contribution in [0.4, 0.5) is 0 Å². The predicted octanol–water partition coefficient (Wildman–Crippen LogP) is 8.48. The average Bonchev–Trinajstić information content (AvgIpc) is 2.94. The molecule has 0 spiro atoms. The smallest absolute Gasteiger partial charge is 0.119 e. The van der Waals surface area contributed by atoms with E-state index < -0.39 is 0 Å². The second-order valence-corrected chi connectivity index (χ2v) is 11.6. The van der Waals surface area contributed by atoms with Crippen LogP contribution < -0.4 is 5.32 Å². The van der Waals surface area contributed by atoms with Gasteiger partial charge in [-0.15, -0.1) is 6.58 Å². The lowest BCUT2D eigenvalue weighted by molar-refractivity contribution is -0.107. The Kier molecular flexibility index (Phi) is 35.1. The fourth-order valence-corrected chi connectivity index (χ4v) is 4.77. The van der Waals surface area contributed by atoms with Gasteiger partial charge in [0.25, 0.3) is 0 Å². The standard InChI is InChI=1S/C19H39N3O.C4H8.C4H10.C3H6O.2C2H6/c1-18(2,17-6-8-20-9-7-17)16-19(3,4)22-12-10-21(11-13-22)14-15-23-5;1-4(2)3;1-3-4-2;1-2-3-4;2*1-2/h17,20H,6-16H2,1-5H3;1H2,2-3H3;3-4H2,1-2H3;3H,2H2,1H3;2*1-2H3. The number of aldehydes is 1. The second kappa shape index (κ2) is 30.2. The van der Waals surface area contributed by atoms with Gasteiger partial charge in [-0.05, 0) is 71.4 Å². The van der Waals surface area contributed by atoms with Crippen molar-refractivity contribution in [3.05, 3.63) is 12.2 Å². The van der Waals surface area contributed by atoms with Crippen LogP contribution in [0.25, 0.3) is 0 Å². The van der Waals surface area contributed by atoms with E-state index in [1.54, 1.807) is 7.11 Å². The number of ether oxygens (including phenoxy) is 1. The zero-order valence-electron chi connectivity index (χ0n) is 29.5. The Hall–Kier alpha value is -0.750. The summed E-state index contributed by atoms with van der Waals surface area (Å²) in [7, 11) is 1.79. The van der Waals surface area contributed by atoms with E-state index in [4.69, 9.17) is 4.74 Å². The van der Waals surface area contributed by atoms with Gasteiger partial charge in [0.2, 0.25) is 0 Å². The molecule has 39 heavy (non-hydrogen) atoms. The van der Waals surface area contributed by atoms with E-state index in [1.165, 1.54) is 76.9 Å².